The number of phenols is 1. The molecule has 19 heavy (non-hydrogen) atoms. The lowest BCUT2D eigenvalue weighted by atomic mass is 9.76. The zero-order valence-electron chi connectivity index (χ0n) is 11.0. The van der Waals surface area contributed by atoms with Gasteiger partial charge in [0.25, 0.3) is 0 Å². The van der Waals surface area contributed by atoms with Crippen molar-refractivity contribution in [3.63, 3.8) is 0 Å². The van der Waals surface area contributed by atoms with Crippen molar-refractivity contribution in [3.05, 3.63) is 22.2 Å². The van der Waals surface area contributed by atoms with Crippen LogP contribution in [0.5, 0.6) is 11.5 Å². The maximum absolute atomic E-state index is 11.7. The van der Waals surface area contributed by atoms with Gasteiger partial charge in [-0.3, -0.25) is 4.79 Å². The molecular formula is C14H17ClO4. The molecule has 0 heterocycles. The summed E-state index contributed by atoms with van der Waals surface area (Å²) in [7, 11) is 1.42. The van der Waals surface area contributed by atoms with Crippen molar-refractivity contribution >= 4 is 17.6 Å². The van der Waals surface area contributed by atoms with Crippen molar-refractivity contribution in [3.8, 4) is 11.5 Å². The van der Waals surface area contributed by atoms with Crippen molar-refractivity contribution in [2.45, 2.75) is 38.0 Å². The zero-order chi connectivity index (χ0) is 14.2. The molecular weight excluding hydrogens is 268 g/mol. The second kappa shape index (κ2) is 4.93. The summed E-state index contributed by atoms with van der Waals surface area (Å²) in [6, 6.07) is 1.51. The molecule has 0 aliphatic heterocycles. The number of halogens is 1. The van der Waals surface area contributed by atoms with Crippen LogP contribution in [0.15, 0.2) is 6.07 Å². The Kier molecular flexibility index (Phi) is 3.63. The standard InChI is InChI=1S/C14H17ClO4/c1-8-9(15)7-10(19-2)12(16)11(8)14(13(17)18)5-3-4-6-14/h7,16H,3-6H2,1-2H3,(H,17,18). The third-order valence-electron chi connectivity index (χ3n) is 4.03. The number of hydrogen-bond acceptors (Lipinski definition) is 3. The van der Waals surface area contributed by atoms with Crippen molar-refractivity contribution in [2.75, 3.05) is 7.11 Å². The lowest BCUT2D eigenvalue weighted by Crippen LogP contribution is -2.33. The van der Waals surface area contributed by atoms with Crippen LogP contribution in [0.4, 0.5) is 0 Å². The van der Waals surface area contributed by atoms with Crippen molar-refractivity contribution in [1.82, 2.24) is 0 Å². The van der Waals surface area contributed by atoms with E-state index in [9.17, 15) is 15.0 Å². The van der Waals surface area contributed by atoms with Gasteiger partial charge in [-0.2, -0.15) is 0 Å². The highest BCUT2D eigenvalue weighted by molar-refractivity contribution is 6.31. The van der Waals surface area contributed by atoms with E-state index in [1.165, 1.54) is 13.2 Å². The molecule has 5 heteroatoms. The van der Waals surface area contributed by atoms with Gasteiger partial charge in [-0.05, 0) is 25.3 Å². The zero-order valence-corrected chi connectivity index (χ0v) is 11.8. The number of aliphatic carboxylic acids is 1. The average molecular weight is 285 g/mol. The number of hydrogen-bond donors (Lipinski definition) is 2. The third-order valence-corrected chi connectivity index (χ3v) is 4.42. The monoisotopic (exact) mass is 284 g/mol. The predicted molar refractivity (Wildman–Crippen MR) is 72.2 cm³/mol. The fourth-order valence-electron chi connectivity index (χ4n) is 3.00. The summed E-state index contributed by atoms with van der Waals surface area (Å²) in [5.41, 5.74) is -0.0297. The Morgan fingerprint density at radius 1 is 1.42 bits per heavy atom. The number of carbonyl (C=O) groups is 1. The van der Waals surface area contributed by atoms with E-state index in [4.69, 9.17) is 16.3 Å². The summed E-state index contributed by atoms with van der Waals surface area (Å²) in [6.45, 7) is 1.74. The van der Waals surface area contributed by atoms with Gasteiger partial charge in [0.1, 0.15) is 0 Å². The molecule has 1 aromatic carbocycles. The number of ether oxygens (including phenoxy) is 1. The van der Waals surface area contributed by atoms with Gasteiger partial charge >= 0.3 is 5.97 Å². The molecule has 2 rings (SSSR count). The van der Waals surface area contributed by atoms with Crippen LogP contribution in [-0.2, 0) is 10.2 Å². The molecule has 1 aliphatic rings. The minimum atomic E-state index is -1.05. The minimum Gasteiger partial charge on any atom is -0.504 e. The normalized spacial score (nSPS) is 17.4. The summed E-state index contributed by atoms with van der Waals surface area (Å²) in [4.78, 5) is 11.7. The van der Waals surface area contributed by atoms with Crippen LogP contribution in [0.2, 0.25) is 5.02 Å². The Bertz CT molecular complexity index is 519. The number of carboxylic acid groups (broad SMARTS) is 1. The molecule has 1 saturated carbocycles. The number of aromatic hydroxyl groups is 1. The maximum atomic E-state index is 11.7. The van der Waals surface area contributed by atoms with Crippen LogP contribution < -0.4 is 4.74 Å². The van der Waals surface area contributed by atoms with Gasteiger partial charge < -0.3 is 14.9 Å². The van der Waals surface area contributed by atoms with Crippen molar-refractivity contribution in [2.24, 2.45) is 0 Å². The highest BCUT2D eigenvalue weighted by Crippen LogP contribution is 2.50. The van der Waals surface area contributed by atoms with Gasteiger partial charge in [-0.1, -0.05) is 24.4 Å². The number of methoxy groups -OCH3 is 1. The van der Waals surface area contributed by atoms with E-state index in [1.54, 1.807) is 6.92 Å². The van der Waals surface area contributed by atoms with E-state index in [-0.39, 0.29) is 11.5 Å². The first-order chi connectivity index (χ1) is 8.94. The summed E-state index contributed by atoms with van der Waals surface area (Å²) in [5.74, 6) is -0.792. The minimum absolute atomic E-state index is 0.103. The SMILES string of the molecule is COc1cc(Cl)c(C)c(C2(C(=O)O)CCCC2)c1O. The Hall–Kier alpha value is -1.42. The Morgan fingerprint density at radius 3 is 2.47 bits per heavy atom. The molecule has 1 fully saturated rings. The molecule has 0 radical (unpaired) electrons. The summed E-state index contributed by atoms with van der Waals surface area (Å²) in [5, 5.41) is 20.4. The van der Waals surface area contributed by atoms with Crippen LogP contribution >= 0.6 is 11.6 Å². The smallest absolute Gasteiger partial charge is 0.314 e. The number of phenolic OH excluding ortho intramolecular Hbond substituents is 1. The summed E-state index contributed by atoms with van der Waals surface area (Å²) < 4.78 is 5.08. The largest absolute Gasteiger partial charge is 0.504 e. The average Bonchev–Trinajstić information content (AvgIpc) is 2.84. The Labute approximate surface area is 117 Å². The van der Waals surface area contributed by atoms with Gasteiger partial charge in [-0.25, -0.2) is 0 Å². The van der Waals surface area contributed by atoms with Gasteiger partial charge in [0.05, 0.1) is 12.5 Å². The number of carboxylic acids is 1. The first kappa shape index (κ1) is 14.0. The molecule has 2 N–H and O–H groups in total. The molecule has 4 nitrogen and oxygen atoms in total. The molecule has 0 spiro atoms. The number of benzene rings is 1. The van der Waals surface area contributed by atoms with E-state index in [1.807, 2.05) is 0 Å². The van der Waals surface area contributed by atoms with Crippen LogP contribution in [0.1, 0.15) is 36.8 Å². The van der Waals surface area contributed by atoms with Gasteiger partial charge in [-0.15, -0.1) is 0 Å². The lowest BCUT2D eigenvalue weighted by Gasteiger charge is -2.28. The van der Waals surface area contributed by atoms with Gasteiger partial charge in [0, 0.05) is 16.7 Å². The third kappa shape index (κ3) is 2.04. The highest BCUT2D eigenvalue weighted by Gasteiger charge is 2.46. The highest BCUT2D eigenvalue weighted by atomic mass is 35.5. The van der Waals surface area contributed by atoms with Gasteiger partial charge in [0.2, 0.25) is 0 Å². The summed E-state index contributed by atoms with van der Waals surface area (Å²) in [6.07, 6.45) is 2.69. The summed E-state index contributed by atoms with van der Waals surface area (Å²) >= 11 is 6.13. The second-order valence-electron chi connectivity index (χ2n) is 5.00. The molecule has 0 atom stereocenters. The van der Waals surface area contributed by atoms with E-state index in [0.717, 1.165) is 12.8 Å². The topological polar surface area (TPSA) is 66.8 Å². The first-order valence-corrected chi connectivity index (χ1v) is 6.62. The lowest BCUT2D eigenvalue weighted by molar-refractivity contribution is -0.143. The van der Waals surface area contributed by atoms with E-state index in [2.05, 4.69) is 0 Å². The molecule has 0 amide bonds. The second-order valence-corrected chi connectivity index (χ2v) is 5.41. The van der Waals surface area contributed by atoms with Crippen LogP contribution in [0.3, 0.4) is 0 Å². The quantitative estimate of drug-likeness (QED) is 0.894. The molecule has 0 unspecified atom stereocenters. The van der Waals surface area contributed by atoms with Crippen LogP contribution in [0.25, 0.3) is 0 Å². The van der Waals surface area contributed by atoms with Crippen LogP contribution in [0, 0.1) is 6.92 Å². The molecule has 0 saturated heterocycles. The molecule has 0 bridgehead atoms. The molecule has 0 aromatic heterocycles. The van der Waals surface area contributed by atoms with Crippen LogP contribution in [-0.4, -0.2) is 23.3 Å². The van der Waals surface area contributed by atoms with Crippen molar-refractivity contribution < 1.29 is 19.7 Å². The van der Waals surface area contributed by atoms with E-state index < -0.39 is 11.4 Å². The molecule has 1 aliphatic carbocycles. The predicted octanol–water partition coefficient (Wildman–Crippen LogP) is 3.26. The molecule has 104 valence electrons. The fourth-order valence-corrected chi connectivity index (χ4v) is 3.20. The number of rotatable bonds is 3. The first-order valence-electron chi connectivity index (χ1n) is 6.24. The fraction of sp³-hybridized carbons (Fsp3) is 0.500. The Morgan fingerprint density at radius 2 is 2.00 bits per heavy atom. The van der Waals surface area contributed by atoms with E-state index >= 15 is 0 Å². The van der Waals surface area contributed by atoms with Gasteiger partial charge in [0.15, 0.2) is 11.5 Å². The maximum Gasteiger partial charge on any atom is 0.314 e. The van der Waals surface area contributed by atoms with Crippen molar-refractivity contribution in [1.29, 1.82) is 0 Å². The Balaban J connectivity index is 2.73. The van der Waals surface area contributed by atoms with E-state index in [0.29, 0.717) is 29.0 Å². The molecule has 1 aromatic rings.